The zero-order valence-electron chi connectivity index (χ0n) is 15.4. The lowest BCUT2D eigenvalue weighted by molar-refractivity contribution is -0.137. The normalized spacial score (nSPS) is 11.2. The molecule has 3 aromatic rings. The quantitative estimate of drug-likeness (QED) is 0.589. The Hall–Kier alpha value is -3.69. The molecule has 1 aromatic heterocycles. The highest BCUT2D eigenvalue weighted by Crippen LogP contribution is 2.30. The van der Waals surface area contributed by atoms with Gasteiger partial charge in [-0.15, -0.1) is 0 Å². The summed E-state index contributed by atoms with van der Waals surface area (Å²) in [5.74, 6) is -1.16. The van der Waals surface area contributed by atoms with Crippen molar-refractivity contribution in [2.24, 2.45) is 0 Å². The summed E-state index contributed by atoms with van der Waals surface area (Å²) in [5, 5.41) is 2.42. The molecule has 3 N–H and O–H groups in total. The SMILES string of the molecule is Nc1nccc(Oc2cccc(CCNC(=O)c3cc(C(F)(F)F)ccc3F)c2)n1. The van der Waals surface area contributed by atoms with Gasteiger partial charge in [-0.2, -0.15) is 18.2 Å². The molecule has 2 aromatic carbocycles. The highest BCUT2D eigenvalue weighted by Gasteiger charge is 2.31. The van der Waals surface area contributed by atoms with Gasteiger partial charge in [0.15, 0.2) is 0 Å². The fraction of sp³-hybridized carbons (Fsp3) is 0.150. The summed E-state index contributed by atoms with van der Waals surface area (Å²) in [6, 6.07) is 10.1. The van der Waals surface area contributed by atoms with E-state index in [0.717, 1.165) is 5.56 Å². The third kappa shape index (κ3) is 5.43. The minimum Gasteiger partial charge on any atom is -0.439 e. The highest BCUT2D eigenvalue weighted by atomic mass is 19.4. The Morgan fingerprint density at radius 3 is 2.67 bits per heavy atom. The molecule has 0 aliphatic heterocycles. The van der Waals surface area contributed by atoms with Crippen LogP contribution >= 0.6 is 0 Å². The van der Waals surface area contributed by atoms with E-state index in [1.807, 2.05) is 0 Å². The third-order valence-electron chi connectivity index (χ3n) is 4.01. The van der Waals surface area contributed by atoms with Gasteiger partial charge in [-0.05, 0) is 42.3 Å². The number of benzene rings is 2. The van der Waals surface area contributed by atoms with Gasteiger partial charge in [0.25, 0.3) is 5.91 Å². The zero-order chi connectivity index (χ0) is 21.7. The van der Waals surface area contributed by atoms with Gasteiger partial charge in [0.2, 0.25) is 11.8 Å². The molecule has 0 spiro atoms. The molecule has 0 aliphatic rings. The number of alkyl halides is 3. The number of hydrogen-bond donors (Lipinski definition) is 2. The first-order valence-corrected chi connectivity index (χ1v) is 8.72. The van der Waals surface area contributed by atoms with Gasteiger partial charge in [-0.3, -0.25) is 4.79 Å². The minimum atomic E-state index is -4.67. The lowest BCUT2D eigenvalue weighted by atomic mass is 10.1. The standard InChI is InChI=1S/C20H16F4N4O2/c21-16-5-4-13(20(22,23)24)11-15(16)18(29)26-8-6-12-2-1-3-14(10-12)30-17-7-9-27-19(25)28-17/h1-5,7,9-11H,6,8H2,(H,26,29)(H2,25,27,28). The number of amides is 1. The van der Waals surface area contributed by atoms with Crippen LogP contribution in [0.25, 0.3) is 0 Å². The molecule has 10 heteroatoms. The number of anilines is 1. The van der Waals surface area contributed by atoms with Crippen molar-refractivity contribution in [1.29, 1.82) is 0 Å². The maximum Gasteiger partial charge on any atom is 0.416 e. The second-order valence-corrected chi connectivity index (χ2v) is 6.20. The van der Waals surface area contributed by atoms with Gasteiger partial charge >= 0.3 is 6.18 Å². The number of nitrogens with one attached hydrogen (secondary N) is 1. The van der Waals surface area contributed by atoms with E-state index in [-0.39, 0.29) is 18.4 Å². The predicted octanol–water partition coefficient (Wildman–Crippen LogP) is 3.98. The van der Waals surface area contributed by atoms with Gasteiger partial charge in [-0.25, -0.2) is 9.37 Å². The summed E-state index contributed by atoms with van der Waals surface area (Å²) in [7, 11) is 0. The molecule has 0 bridgehead atoms. The molecule has 0 atom stereocenters. The molecule has 0 saturated carbocycles. The maximum atomic E-state index is 13.8. The van der Waals surface area contributed by atoms with E-state index in [4.69, 9.17) is 10.5 Å². The molecule has 1 heterocycles. The number of aromatic nitrogens is 2. The number of carbonyl (C=O) groups excluding carboxylic acids is 1. The van der Waals surface area contributed by atoms with Crippen molar-refractivity contribution in [3.8, 4) is 11.6 Å². The molecule has 6 nitrogen and oxygen atoms in total. The summed E-state index contributed by atoms with van der Waals surface area (Å²) in [4.78, 5) is 19.8. The Bertz CT molecular complexity index is 1060. The van der Waals surface area contributed by atoms with Crippen LogP contribution in [-0.2, 0) is 12.6 Å². The number of hydrogen-bond acceptors (Lipinski definition) is 5. The molecule has 156 valence electrons. The van der Waals surface area contributed by atoms with E-state index in [1.165, 1.54) is 12.3 Å². The van der Waals surface area contributed by atoms with Crippen molar-refractivity contribution in [3.05, 3.63) is 77.2 Å². The van der Waals surface area contributed by atoms with E-state index in [9.17, 15) is 22.4 Å². The Labute approximate surface area is 168 Å². The van der Waals surface area contributed by atoms with E-state index < -0.39 is 29.0 Å². The number of carbonyl (C=O) groups is 1. The fourth-order valence-corrected chi connectivity index (χ4v) is 2.59. The number of rotatable bonds is 6. The molecule has 1 amide bonds. The monoisotopic (exact) mass is 420 g/mol. The molecule has 30 heavy (non-hydrogen) atoms. The molecule has 0 saturated heterocycles. The van der Waals surface area contributed by atoms with Crippen LogP contribution in [0.15, 0.2) is 54.7 Å². The van der Waals surface area contributed by atoms with Gasteiger partial charge in [0, 0.05) is 18.8 Å². The Balaban J connectivity index is 1.61. The molecule has 0 fully saturated rings. The van der Waals surface area contributed by atoms with Crippen LogP contribution in [-0.4, -0.2) is 22.4 Å². The van der Waals surface area contributed by atoms with Gasteiger partial charge in [0.05, 0.1) is 11.1 Å². The van der Waals surface area contributed by atoms with Crippen molar-refractivity contribution in [1.82, 2.24) is 15.3 Å². The second-order valence-electron chi connectivity index (χ2n) is 6.20. The molecule has 3 rings (SSSR count). The van der Waals surface area contributed by atoms with E-state index in [2.05, 4.69) is 15.3 Å². The molecule has 0 aliphatic carbocycles. The van der Waals surface area contributed by atoms with Crippen LogP contribution in [0.4, 0.5) is 23.5 Å². The van der Waals surface area contributed by atoms with Gasteiger partial charge < -0.3 is 15.8 Å². The average molecular weight is 420 g/mol. The Morgan fingerprint density at radius 2 is 1.93 bits per heavy atom. The number of halogens is 4. The van der Waals surface area contributed by atoms with Crippen LogP contribution in [0.2, 0.25) is 0 Å². The van der Waals surface area contributed by atoms with E-state index >= 15 is 0 Å². The van der Waals surface area contributed by atoms with Crippen molar-refractivity contribution >= 4 is 11.9 Å². The van der Waals surface area contributed by atoms with Gasteiger partial charge in [0.1, 0.15) is 11.6 Å². The zero-order valence-corrected chi connectivity index (χ0v) is 15.4. The first-order valence-electron chi connectivity index (χ1n) is 8.72. The second kappa shape index (κ2) is 8.76. The topological polar surface area (TPSA) is 90.1 Å². The predicted molar refractivity (Wildman–Crippen MR) is 100 cm³/mol. The van der Waals surface area contributed by atoms with Crippen LogP contribution in [0, 0.1) is 5.82 Å². The summed E-state index contributed by atoms with van der Waals surface area (Å²) in [6.45, 7) is 0.0818. The number of nitrogens with zero attached hydrogens (tertiary/aromatic N) is 2. The molecule has 0 radical (unpaired) electrons. The Kier molecular flexibility index (Phi) is 6.14. The van der Waals surface area contributed by atoms with Crippen molar-refractivity contribution in [2.75, 3.05) is 12.3 Å². The van der Waals surface area contributed by atoms with Crippen LogP contribution < -0.4 is 15.8 Å². The van der Waals surface area contributed by atoms with E-state index in [0.29, 0.717) is 30.4 Å². The number of nitrogens with two attached hydrogens (primary N) is 1. The van der Waals surface area contributed by atoms with Crippen molar-refractivity contribution < 1.29 is 27.1 Å². The first-order chi connectivity index (χ1) is 14.2. The summed E-state index contributed by atoms with van der Waals surface area (Å²) < 4.78 is 57.7. The Morgan fingerprint density at radius 1 is 1.13 bits per heavy atom. The largest absolute Gasteiger partial charge is 0.439 e. The van der Waals surface area contributed by atoms with E-state index in [1.54, 1.807) is 24.3 Å². The lowest BCUT2D eigenvalue weighted by Gasteiger charge is -2.11. The highest BCUT2D eigenvalue weighted by molar-refractivity contribution is 5.94. The average Bonchev–Trinajstić information content (AvgIpc) is 2.67. The molecule has 0 unspecified atom stereocenters. The number of ether oxygens (including phenoxy) is 1. The van der Waals surface area contributed by atoms with Crippen LogP contribution in [0.3, 0.4) is 0 Å². The molecular formula is C20H16F4N4O2. The molecular weight excluding hydrogens is 404 g/mol. The van der Waals surface area contributed by atoms with Crippen molar-refractivity contribution in [2.45, 2.75) is 12.6 Å². The fourth-order valence-electron chi connectivity index (χ4n) is 2.59. The summed E-state index contributed by atoms with van der Waals surface area (Å²) in [6.07, 6.45) is -2.88. The summed E-state index contributed by atoms with van der Waals surface area (Å²) in [5.41, 5.74) is 4.52. The lowest BCUT2D eigenvalue weighted by Crippen LogP contribution is -2.27. The van der Waals surface area contributed by atoms with Crippen molar-refractivity contribution in [3.63, 3.8) is 0 Å². The smallest absolute Gasteiger partial charge is 0.416 e. The number of nitrogen functional groups attached to an aromatic ring is 1. The van der Waals surface area contributed by atoms with Gasteiger partial charge in [-0.1, -0.05) is 12.1 Å². The maximum absolute atomic E-state index is 13.8. The van der Waals surface area contributed by atoms with Crippen LogP contribution in [0.5, 0.6) is 11.6 Å². The first kappa shape index (κ1) is 21.0. The summed E-state index contributed by atoms with van der Waals surface area (Å²) >= 11 is 0. The third-order valence-corrected chi connectivity index (χ3v) is 4.01. The minimum absolute atomic E-state index is 0.0631. The van der Waals surface area contributed by atoms with Crippen LogP contribution in [0.1, 0.15) is 21.5 Å².